The molecule has 1 aliphatic rings. The molecule has 1 saturated heterocycles. The number of β-amino-alcohol motifs (C(OH)–C–C–N with tert-alkyl or cyclic N) is 1. The molecule has 3 rings (SSSR count). The highest BCUT2D eigenvalue weighted by Crippen LogP contribution is 2.39. The Bertz CT molecular complexity index is 901. The summed E-state index contributed by atoms with van der Waals surface area (Å²) in [6, 6.07) is 12.6. The van der Waals surface area contributed by atoms with Crippen LogP contribution in [-0.4, -0.2) is 54.2 Å². The van der Waals surface area contributed by atoms with Gasteiger partial charge in [-0.05, 0) is 42.0 Å². The quantitative estimate of drug-likeness (QED) is 0.451. The lowest BCUT2D eigenvalue weighted by atomic mass is 9.95. The number of ether oxygens (including phenoxy) is 2. The minimum absolute atomic E-state index is 0.0196. The van der Waals surface area contributed by atoms with Crippen molar-refractivity contribution < 1.29 is 29.3 Å². The molecule has 0 spiro atoms. The van der Waals surface area contributed by atoms with Gasteiger partial charge in [0.05, 0.1) is 32.4 Å². The number of aliphatic hydroxyl groups is 2. The molecule has 0 bridgehead atoms. The number of carbonyl (C=O) groups is 2. The van der Waals surface area contributed by atoms with Gasteiger partial charge in [0.1, 0.15) is 17.3 Å². The topological polar surface area (TPSA) is 96.3 Å². The minimum atomic E-state index is -0.805. The van der Waals surface area contributed by atoms with Gasteiger partial charge in [0.2, 0.25) is 0 Å². The molecule has 1 fully saturated rings. The molecule has 0 aromatic heterocycles. The van der Waals surface area contributed by atoms with Crippen molar-refractivity contribution >= 4 is 17.4 Å². The number of benzene rings is 2. The van der Waals surface area contributed by atoms with Gasteiger partial charge < -0.3 is 24.6 Å². The van der Waals surface area contributed by atoms with E-state index in [-0.39, 0.29) is 24.5 Å². The fraction of sp³-hybridized carbons (Fsp3) is 0.238. The van der Waals surface area contributed by atoms with Gasteiger partial charge in [-0.1, -0.05) is 12.1 Å². The molecule has 0 radical (unpaired) electrons. The Morgan fingerprint density at radius 3 is 2.00 bits per heavy atom. The summed E-state index contributed by atoms with van der Waals surface area (Å²) in [7, 11) is 3.06. The van der Waals surface area contributed by atoms with E-state index in [2.05, 4.69) is 0 Å². The molecule has 0 aliphatic carbocycles. The number of amides is 1. The van der Waals surface area contributed by atoms with Crippen molar-refractivity contribution in [1.82, 2.24) is 4.90 Å². The SMILES string of the molecule is COc1ccc(/C(O)=C2\C(=O)C(=O)N(CCO)[C@@H]2c2ccc(OC)cc2)cc1. The molecule has 1 aliphatic heterocycles. The lowest BCUT2D eigenvalue weighted by Gasteiger charge is -2.24. The van der Waals surface area contributed by atoms with Crippen LogP contribution in [0.4, 0.5) is 0 Å². The van der Waals surface area contributed by atoms with E-state index in [0.717, 1.165) is 0 Å². The average molecular weight is 383 g/mol. The largest absolute Gasteiger partial charge is 0.507 e. The number of hydrogen-bond donors (Lipinski definition) is 2. The van der Waals surface area contributed by atoms with Crippen LogP contribution in [0.2, 0.25) is 0 Å². The molecule has 28 heavy (non-hydrogen) atoms. The van der Waals surface area contributed by atoms with Crippen molar-refractivity contribution in [3.63, 3.8) is 0 Å². The van der Waals surface area contributed by atoms with Crippen molar-refractivity contribution in [2.75, 3.05) is 27.4 Å². The zero-order valence-corrected chi connectivity index (χ0v) is 15.6. The van der Waals surface area contributed by atoms with Crippen LogP contribution in [0.15, 0.2) is 54.1 Å². The predicted octanol–water partition coefficient (Wildman–Crippen LogP) is 2.12. The van der Waals surface area contributed by atoms with Crippen LogP contribution in [-0.2, 0) is 9.59 Å². The van der Waals surface area contributed by atoms with Gasteiger partial charge in [-0.25, -0.2) is 0 Å². The summed E-state index contributed by atoms with van der Waals surface area (Å²) >= 11 is 0. The number of carbonyl (C=O) groups excluding carboxylic acids is 2. The van der Waals surface area contributed by atoms with E-state index in [0.29, 0.717) is 22.6 Å². The molecule has 1 heterocycles. The van der Waals surface area contributed by atoms with E-state index >= 15 is 0 Å². The molecule has 2 N–H and O–H groups in total. The Morgan fingerprint density at radius 2 is 1.50 bits per heavy atom. The van der Waals surface area contributed by atoms with Crippen molar-refractivity contribution in [3.05, 3.63) is 65.2 Å². The number of likely N-dealkylation sites (tertiary alicyclic amines) is 1. The maximum Gasteiger partial charge on any atom is 0.295 e. The molecule has 1 amide bonds. The fourth-order valence-corrected chi connectivity index (χ4v) is 3.26. The van der Waals surface area contributed by atoms with Crippen LogP contribution in [0, 0.1) is 0 Å². The van der Waals surface area contributed by atoms with Crippen molar-refractivity contribution in [2.24, 2.45) is 0 Å². The van der Waals surface area contributed by atoms with Gasteiger partial charge in [-0.2, -0.15) is 0 Å². The average Bonchev–Trinajstić information content (AvgIpc) is 2.98. The van der Waals surface area contributed by atoms with Crippen LogP contribution >= 0.6 is 0 Å². The summed E-state index contributed by atoms with van der Waals surface area (Å²) in [6.45, 7) is -0.330. The summed E-state index contributed by atoms with van der Waals surface area (Å²) in [5.41, 5.74) is 0.999. The van der Waals surface area contributed by atoms with Gasteiger partial charge >= 0.3 is 0 Å². The second kappa shape index (κ2) is 8.14. The Hall–Kier alpha value is -3.32. The Balaban J connectivity index is 2.13. The molecule has 0 unspecified atom stereocenters. The monoisotopic (exact) mass is 383 g/mol. The van der Waals surface area contributed by atoms with Gasteiger partial charge in [-0.15, -0.1) is 0 Å². The van der Waals surface area contributed by atoms with E-state index in [4.69, 9.17) is 9.47 Å². The van der Waals surface area contributed by atoms with Crippen LogP contribution in [0.5, 0.6) is 11.5 Å². The highest BCUT2D eigenvalue weighted by atomic mass is 16.5. The molecule has 146 valence electrons. The van der Waals surface area contributed by atoms with Crippen molar-refractivity contribution in [3.8, 4) is 11.5 Å². The molecular formula is C21H21NO6. The van der Waals surface area contributed by atoms with Crippen molar-refractivity contribution in [1.29, 1.82) is 0 Å². The van der Waals surface area contributed by atoms with Crippen LogP contribution in [0.3, 0.4) is 0 Å². The summed E-state index contributed by atoms with van der Waals surface area (Å²) < 4.78 is 10.3. The lowest BCUT2D eigenvalue weighted by Crippen LogP contribution is -2.32. The maximum absolute atomic E-state index is 12.7. The van der Waals surface area contributed by atoms with E-state index in [1.807, 2.05) is 0 Å². The number of methoxy groups -OCH3 is 2. The molecule has 2 aromatic carbocycles. The number of aliphatic hydroxyl groups excluding tert-OH is 2. The first-order chi connectivity index (χ1) is 13.5. The van der Waals surface area contributed by atoms with E-state index in [1.54, 1.807) is 48.5 Å². The zero-order chi connectivity index (χ0) is 20.3. The van der Waals surface area contributed by atoms with Gasteiger partial charge in [0.25, 0.3) is 11.7 Å². The Labute approximate surface area is 162 Å². The van der Waals surface area contributed by atoms with Gasteiger partial charge in [0.15, 0.2) is 0 Å². The highest BCUT2D eigenvalue weighted by molar-refractivity contribution is 6.46. The van der Waals surface area contributed by atoms with E-state index < -0.39 is 17.7 Å². The number of nitrogens with zero attached hydrogens (tertiary/aromatic N) is 1. The molecule has 1 atom stereocenters. The molecule has 0 saturated carbocycles. The molecule has 7 nitrogen and oxygen atoms in total. The first-order valence-electron chi connectivity index (χ1n) is 8.69. The second-order valence-electron chi connectivity index (χ2n) is 6.22. The number of Topliss-reactive ketones (excluding diaryl/α,β-unsaturated/α-hetero) is 1. The Kier molecular flexibility index (Phi) is 5.65. The number of rotatable bonds is 6. The zero-order valence-electron chi connectivity index (χ0n) is 15.6. The highest BCUT2D eigenvalue weighted by Gasteiger charge is 2.45. The Morgan fingerprint density at radius 1 is 0.964 bits per heavy atom. The predicted molar refractivity (Wildman–Crippen MR) is 102 cm³/mol. The minimum Gasteiger partial charge on any atom is -0.507 e. The van der Waals surface area contributed by atoms with Crippen molar-refractivity contribution in [2.45, 2.75) is 6.04 Å². The van der Waals surface area contributed by atoms with Gasteiger partial charge in [-0.3, -0.25) is 9.59 Å². The lowest BCUT2D eigenvalue weighted by molar-refractivity contribution is -0.140. The summed E-state index contributed by atoms with van der Waals surface area (Å²) in [5.74, 6) is -0.600. The van der Waals surface area contributed by atoms with Crippen LogP contribution in [0.25, 0.3) is 5.76 Å². The third kappa shape index (κ3) is 3.44. The second-order valence-corrected chi connectivity index (χ2v) is 6.22. The van der Waals surface area contributed by atoms with E-state index in [9.17, 15) is 19.8 Å². The molecule has 2 aromatic rings. The van der Waals surface area contributed by atoms with Crippen LogP contribution in [0.1, 0.15) is 17.2 Å². The smallest absolute Gasteiger partial charge is 0.295 e. The summed E-state index contributed by atoms with van der Waals surface area (Å²) in [5, 5.41) is 20.2. The standard InChI is InChI=1S/C21H21NO6/c1-27-15-7-3-13(4-8-15)18-17(20(25)21(26)22(18)11-12-23)19(24)14-5-9-16(28-2)10-6-14/h3-10,18,23-24H,11-12H2,1-2H3/b19-17+/t18-/m1/s1. The first-order valence-corrected chi connectivity index (χ1v) is 8.69. The van der Waals surface area contributed by atoms with Gasteiger partial charge in [0, 0.05) is 12.1 Å². The third-order valence-corrected chi connectivity index (χ3v) is 4.68. The normalized spacial score (nSPS) is 18.4. The van der Waals surface area contributed by atoms with Crippen LogP contribution < -0.4 is 9.47 Å². The number of ketones is 1. The summed E-state index contributed by atoms with van der Waals surface area (Å²) in [4.78, 5) is 26.5. The first kappa shape index (κ1) is 19.4. The maximum atomic E-state index is 12.7. The fourth-order valence-electron chi connectivity index (χ4n) is 3.26. The van der Waals surface area contributed by atoms with E-state index in [1.165, 1.54) is 19.1 Å². The summed E-state index contributed by atoms with van der Waals surface area (Å²) in [6.07, 6.45) is 0. The molecule has 7 heteroatoms. The number of hydrogen-bond acceptors (Lipinski definition) is 6. The third-order valence-electron chi connectivity index (χ3n) is 4.68. The molecular weight excluding hydrogens is 362 g/mol.